The second-order valence-electron chi connectivity index (χ2n) is 6.25. The first kappa shape index (κ1) is 19.6. The van der Waals surface area contributed by atoms with Crippen molar-refractivity contribution >= 4 is 34.1 Å². The van der Waals surface area contributed by atoms with Crippen LogP contribution < -0.4 is 22.1 Å². The van der Waals surface area contributed by atoms with Crippen molar-refractivity contribution in [2.45, 2.75) is 33.2 Å². The van der Waals surface area contributed by atoms with E-state index in [1.807, 2.05) is 13.8 Å². The largest absolute Gasteiger partial charge is 0.328 e. The number of amides is 2. The summed E-state index contributed by atoms with van der Waals surface area (Å²) >= 11 is 1.39. The average molecular weight is 400 g/mol. The normalized spacial score (nSPS) is 10.8. The Kier molecular flexibility index (Phi) is 5.74. The van der Waals surface area contributed by atoms with Crippen LogP contribution in [0.2, 0.25) is 0 Å². The average Bonchev–Trinajstić information content (AvgIpc) is 3.06. The van der Waals surface area contributed by atoms with E-state index in [1.54, 1.807) is 30.3 Å². The highest BCUT2D eigenvalue weighted by Gasteiger charge is 2.13. The second-order valence-corrected chi connectivity index (χ2v) is 7.39. The first-order chi connectivity index (χ1) is 13.4. The van der Waals surface area contributed by atoms with Gasteiger partial charge in [-0.15, -0.1) is 11.3 Å². The third kappa shape index (κ3) is 4.04. The van der Waals surface area contributed by atoms with E-state index < -0.39 is 17.2 Å². The van der Waals surface area contributed by atoms with Crippen LogP contribution >= 0.6 is 11.3 Å². The van der Waals surface area contributed by atoms with Gasteiger partial charge in [0.1, 0.15) is 0 Å². The van der Waals surface area contributed by atoms with E-state index in [0.29, 0.717) is 15.8 Å². The molecule has 8 nitrogen and oxygen atoms in total. The van der Waals surface area contributed by atoms with E-state index >= 15 is 0 Å². The van der Waals surface area contributed by atoms with Crippen LogP contribution in [0.1, 0.15) is 33.5 Å². The number of thiophene rings is 1. The maximum Gasteiger partial charge on any atom is 0.328 e. The van der Waals surface area contributed by atoms with E-state index in [1.165, 1.54) is 15.9 Å². The van der Waals surface area contributed by atoms with E-state index in [9.17, 15) is 19.2 Å². The van der Waals surface area contributed by atoms with Gasteiger partial charge in [-0.1, -0.05) is 19.1 Å². The summed E-state index contributed by atoms with van der Waals surface area (Å²) in [4.78, 5) is 52.1. The van der Waals surface area contributed by atoms with Gasteiger partial charge in [0.05, 0.1) is 15.8 Å². The maximum absolute atomic E-state index is 12.2. The number of aromatic amines is 1. The molecular formula is C19H20N4O4S. The Balaban J connectivity index is 1.63. The Labute approximate surface area is 164 Å². The number of aromatic nitrogens is 2. The zero-order valence-electron chi connectivity index (χ0n) is 15.5. The first-order valence-corrected chi connectivity index (χ1v) is 9.62. The monoisotopic (exact) mass is 400 g/mol. The third-order valence-corrected chi connectivity index (χ3v) is 5.73. The molecule has 0 bridgehead atoms. The lowest BCUT2D eigenvalue weighted by Crippen LogP contribution is -2.42. The number of hydrazine groups is 1. The van der Waals surface area contributed by atoms with Gasteiger partial charge in [0.15, 0.2) is 0 Å². The van der Waals surface area contributed by atoms with Gasteiger partial charge in [-0.25, -0.2) is 4.79 Å². The number of aryl methyl sites for hydroxylation is 3. The Morgan fingerprint density at radius 2 is 1.93 bits per heavy atom. The summed E-state index contributed by atoms with van der Waals surface area (Å²) in [5.41, 5.74) is 5.20. The molecule has 9 heteroatoms. The highest BCUT2D eigenvalue weighted by molar-refractivity contribution is 7.14. The van der Waals surface area contributed by atoms with Crippen LogP contribution in [0, 0.1) is 6.92 Å². The minimum Gasteiger partial charge on any atom is -0.293 e. The molecule has 0 radical (unpaired) electrons. The Hall–Kier alpha value is -3.20. The number of rotatable bonds is 5. The molecule has 1 aromatic carbocycles. The second kappa shape index (κ2) is 8.22. The van der Waals surface area contributed by atoms with Gasteiger partial charge in [0.2, 0.25) is 5.91 Å². The van der Waals surface area contributed by atoms with Gasteiger partial charge in [-0.05, 0) is 37.1 Å². The molecule has 3 N–H and O–H groups in total. The highest BCUT2D eigenvalue weighted by Crippen LogP contribution is 2.21. The van der Waals surface area contributed by atoms with Crippen LogP contribution in [0.4, 0.5) is 0 Å². The molecule has 0 aliphatic heterocycles. The number of nitrogens with one attached hydrogen (secondary N) is 3. The summed E-state index contributed by atoms with van der Waals surface area (Å²) < 4.78 is 1.33. The van der Waals surface area contributed by atoms with Crippen LogP contribution in [0.25, 0.3) is 10.9 Å². The summed E-state index contributed by atoms with van der Waals surface area (Å²) in [7, 11) is 0. The highest BCUT2D eigenvalue weighted by atomic mass is 32.1. The summed E-state index contributed by atoms with van der Waals surface area (Å²) in [6.45, 7) is 4.03. The van der Waals surface area contributed by atoms with E-state index in [4.69, 9.17) is 0 Å². The third-order valence-electron chi connectivity index (χ3n) is 4.35. The molecule has 2 amide bonds. The Bertz CT molecular complexity index is 1160. The molecule has 0 unspecified atom stereocenters. The fraction of sp³-hybridized carbons (Fsp3) is 0.263. The molecule has 146 valence electrons. The minimum absolute atomic E-state index is 0.0418. The lowest BCUT2D eigenvalue weighted by atomic mass is 10.2. The smallest absolute Gasteiger partial charge is 0.293 e. The predicted molar refractivity (Wildman–Crippen MR) is 107 cm³/mol. The van der Waals surface area contributed by atoms with Crippen molar-refractivity contribution in [1.82, 2.24) is 20.4 Å². The van der Waals surface area contributed by atoms with Crippen molar-refractivity contribution in [2.24, 2.45) is 0 Å². The molecule has 0 atom stereocenters. The molecule has 0 saturated carbocycles. The van der Waals surface area contributed by atoms with Crippen molar-refractivity contribution in [3.8, 4) is 0 Å². The lowest BCUT2D eigenvalue weighted by Gasteiger charge is -2.10. The van der Waals surface area contributed by atoms with Crippen LogP contribution in [0.15, 0.2) is 39.9 Å². The van der Waals surface area contributed by atoms with Gasteiger partial charge >= 0.3 is 5.69 Å². The predicted octanol–water partition coefficient (Wildman–Crippen LogP) is 1.47. The number of benzene rings is 1. The van der Waals surface area contributed by atoms with Crippen LogP contribution in [-0.2, 0) is 17.8 Å². The Morgan fingerprint density at radius 3 is 2.64 bits per heavy atom. The van der Waals surface area contributed by atoms with E-state index in [0.717, 1.165) is 16.9 Å². The summed E-state index contributed by atoms with van der Waals surface area (Å²) in [6.07, 6.45) is 0.803. The standard InChI is InChI=1S/C19H20N4O4S/c1-3-14-11(2)10-15(28-14)18(26)22-21-16(24)8-9-23-13-7-5-4-6-12(13)17(25)20-19(23)27/h4-7,10H,3,8-9H2,1-2H3,(H,21,24)(H,22,26)(H,20,25,27). The van der Waals surface area contributed by atoms with Crippen molar-refractivity contribution in [3.63, 3.8) is 0 Å². The fourth-order valence-electron chi connectivity index (χ4n) is 2.91. The number of hydrogen-bond acceptors (Lipinski definition) is 5. The van der Waals surface area contributed by atoms with Gasteiger partial charge in [0.25, 0.3) is 11.5 Å². The molecule has 2 aromatic heterocycles. The van der Waals surface area contributed by atoms with Crippen LogP contribution in [0.3, 0.4) is 0 Å². The number of carbonyl (C=O) groups excluding carboxylic acids is 2. The summed E-state index contributed by atoms with van der Waals surface area (Å²) in [5, 5.41) is 0.371. The van der Waals surface area contributed by atoms with Crippen LogP contribution in [-0.4, -0.2) is 21.4 Å². The van der Waals surface area contributed by atoms with E-state index in [2.05, 4.69) is 15.8 Å². The quantitative estimate of drug-likeness (QED) is 0.563. The van der Waals surface area contributed by atoms with Crippen LogP contribution in [0.5, 0.6) is 0 Å². The van der Waals surface area contributed by atoms with Crippen molar-refractivity contribution < 1.29 is 9.59 Å². The van der Waals surface area contributed by atoms with Crippen molar-refractivity contribution in [2.75, 3.05) is 0 Å². The number of hydrogen-bond donors (Lipinski definition) is 3. The van der Waals surface area contributed by atoms with Crippen molar-refractivity contribution in [3.05, 3.63) is 66.5 Å². The van der Waals surface area contributed by atoms with Crippen molar-refractivity contribution in [1.29, 1.82) is 0 Å². The van der Waals surface area contributed by atoms with Gasteiger partial charge in [-0.3, -0.25) is 34.8 Å². The minimum atomic E-state index is -0.582. The number of nitrogens with zero attached hydrogens (tertiary/aromatic N) is 1. The SMILES string of the molecule is CCc1sc(C(=O)NNC(=O)CCn2c(=O)[nH]c(=O)c3ccccc32)cc1C. The molecule has 0 fully saturated rings. The first-order valence-electron chi connectivity index (χ1n) is 8.81. The number of fused-ring (bicyclic) bond motifs is 1. The molecule has 3 aromatic rings. The molecule has 0 saturated heterocycles. The molecular weight excluding hydrogens is 380 g/mol. The maximum atomic E-state index is 12.2. The molecule has 3 rings (SSSR count). The number of H-pyrrole nitrogens is 1. The van der Waals surface area contributed by atoms with Gasteiger partial charge < -0.3 is 0 Å². The van der Waals surface area contributed by atoms with Gasteiger partial charge in [-0.2, -0.15) is 0 Å². The van der Waals surface area contributed by atoms with E-state index in [-0.39, 0.29) is 18.9 Å². The molecule has 2 heterocycles. The topological polar surface area (TPSA) is 113 Å². The summed E-state index contributed by atoms with van der Waals surface area (Å²) in [6, 6.07) is 8.46. The number of carbonyl (C=O) groups is 2. The Morgan fingerprint density at radius 1 is 1.18 bits per heavy atom. The molecule has 0 aliphatic rings. The molecule has 28 heavy (non-hydrogen) atoms. The van der Waals surface area contributed by atoms with Gasteiger partial charge in [0, 0.05) is 17.8 Å². The molecule has 0 aliphatic carbocycles. The zero-order chi connectivity index (χ0) is 20.3. The molecule has 0 spiro atoms. The zero-order valence-corrected chi connectivity index (χ0v) is 16.3. The number of para-hydroxylation sites is 1. The summed E-state index contributed by atoms with van der Waals surface area (Å²) in [5.74, 6) is -0.827. The fourth-order valence-corrected chi connectivity index (χ4v) is 3.92. The lowest BCUT2D eigenvalue weighted by molar-refractivity contribution is -0.122.